The highest BCUT2D eigenvalue weighted by atomic mass is 16.1. The molecule has 90 valence electrons. The monoisotopic (exact) mass is 237 g/mol. The maximum atomic E-state index is 10.9. The van der Waals surface area contributed by atoms with Gasteiger partial charge in [0.15, 0.2) is 0 Å². The van der Waals surface area contributed by atoms with Crippen LogP contribution in [0.4, 0.5) is 0 Å². The Kier molecular flexibility index (Phi) is 2.63. The van der Waals surface area contributed by atoms with Crippen LogP contribution in [0, 0.1) is 0 Å². The number of carbonyl (C=O) groups is 1. The highest BCUT2D eigenvalue weighted by Gasteiger charge is 2.20. The third kappa shape index (κ3) is 1.80. The summed E-state index contributed by atoms with van der Waals surface area (Å²) in [5, 5.41) is 0. The number of aryl methyl sites for hydroxylation is 1. The molecule has 2 nitrogen and oxygen atoms in total. The highest BCUT2D eigenvalue weighted by Crippen LogP contribution is 2.38. The average Bonchev–Trinajstić information content (AvgIpc) is 2.75. The summed E-state index contributed by atoms with van der Waals surface area (Å²) in [5.74, 6) is -0.233. The van der Waals surface area contributed by atoms with Crippen LogP contribution in [-0.4, -0.2) is 5.91 Å². The van der Waals surface area contributed by atoms with Crippen LogP contribution in [0.1, 0.15) is 23.1 Å². The van der Waals surface area contributed by atoms with E-state index in [0.717, 1.165) is 12.8 Å². The first-order chi connectivity index (χ1) is 8.75. The fraction of sp³-hybridized carbons (Fsp3) is 0.188. The van der Waals surface area contributed by atoms with Crippen molar-refractivity contribution in [3.05, 3.63) is 59.2 Å². The van der Waals surface area contributed by atoms with E-state index < -0.39 is 0 Å². The molecule has 0 saturated carbocycles. The summed E-state index contributed by atoms with van der Waals surface area (Å²) in [6.07, 6.45) is 2.14. The predicted octanol–water partition coefficient (Wildman–Crippen LogP) is 2.68. The fourth-order valence-electron chi connectivity index (χ4n) is 2.72. The molecule has 3 rings (SSSR count). The largest absolute Gasteiger partial charge is 0.370 e. The minimum atomic E-state index is -0.233. The minimum Gasteiger partial charge on any atom is -0.370 e. The van der Waals surface area contributed by atoms with Crippen LogP contribution in [0.2, 0.25) is 0 Å². The zero-order chi connectivity index (χ0) is 12.5. The van der Waals surface area contributed by atoms with Gasteiger partial charge in [-0.15, -0.1) is 0 Å². The lowest BCUT2D eigenvalue weighted by molar-refractivity contribution is -0.117. The zero-order valence-corrected chi connectivity index (χ0v) is 10.1. The van der Waals surface area contributed by atoms with E-state index in [2.05, 4.69) is 42.5 Å². The number of rotatable bonds is 3. The molecular weight excluding hydrogens is 222 g/mol. The molecule has 0 bridgehead atoms. The Labute approximate surface area is 106 Å². The van der Waals surface area contributed by atoms with Crippen molar-refractivity contribution in [2.45, 2.75) is 19.3 Å². The normalized spacial score (nSPS) is 12.0. The van der Waals surface area contributed by atoms with Crippen LogP contribution in [0.15, 0.2) is 42.5 Å². The van der Waals surface area contributed by atoms with E-state index in [9.17, 15) is 4.79 Å². The maximum absolute atomic E-state index is 10.9. The van der Waals surface area contributed by atoms with Gasteiger partial charge in [-0.3, -0.25) is 4.79 Å². The van der Waals surface area contributed by atoms with E-state index in [1.54, 1.807) is 0 Å². The maximum Gasteiger partial charge on any atom is 0.217 e. The smallest absolute Gasteiger partial charge is 0.217 e. The minimum absolute atomic E-state index is 0.233. The van der Waals surface area contributed by atoms with Gasteiger partial charge in [-0.05, 0) is 40.7 Å². The molecule has 0 heterocycles. The van der Waals surface area contributed by atoms with Gasteiger partial charge in [0.05, 0.1) is 0 Å². The van der Waals surface area contributed by atoms with Gasteiger partial charge in [0.2, 0.25) is 5.91 Å². The number of nitrogens with two attached hydrogens (primary N) is 1. The van der Waals surface area contributed by atoms with Crippen molar-refractivity contribution in [1.82, 2.24) is 0 Å². The Balaban J connectivity index is 2.00. The second kappa shape index (κ2) is 4.30. The van der Waals surface area contributed by atoms with E-state index >= 15 is 0 Å². The molecule has 0 aliphatic heterocycles. The van der Waals surface area contributed by atoms with Gasteiger partial charge < -0.3 is 5.73 Å². The number of hydrogen-bond donors (Lipinski definition) is 1. The van der Waals surface area contributed by atoms with E-state index in [1.807, 2.05) is 0 Å². The summed E-state index contributed by atoms with van der Waals surface area (Å²) in [5.41, 5.74) is 11.9. The Morgan fingerprint density at radius 2 is 1.83 bits per heavy atom. The number of fused-ring (bicyclic) bond motifs is 3. The van der Waals surface area contributed by atoms with Crippen molar-refractivity contribution in [3.63, 3.8) is 0 Å². The Bertz CT molecular complexity index is 616. The highest BCUT2D eigenvalue weighted by molar-refractivity contribution is 5.78. The summed E-state index contributed by atoms with van der Waals surface area (Å²) in [6, 6.07) is 14.8. The lowest BCUT2D eigenvalue weighted by atomic mass is 9.98. The Morgan fingerprint density at radius 1 is 1.06 bits per heavy atom. The van der Waals surface area contributed by atoms with Crippen molar-refractivity contribution in [1.29, 1.82) is 0 Å². The number of carbonyl (C=O) groups excluding carboxylic acids is 1. The number of benzene rings is 2. The van der Waals surface area contributed by atoms with Crippen molar-refractivity contribution >= 4 is 5.91 Å². The lowest BCUT2D eigenvalue weighted by Gasteiger charge is -2.07. The number of primary amides is 1. The molecule has 18 heavy (non-hydrogen) atoms. The zero-order valence-electron chi connectivity index (χ0n) is 10.1. The molecule has 0 saturated heterocycles. The summed E-state index contributed by atoms with van der Waals surface area (Å²) in [4.78, 5) is 10.9. The van der Waals surface area contributed by atoms with Gasteiger partial charge in [0, 0.05) is 6.42 Å². The topological polar surface area (TPSA) is 43.1 Å². The molecule has 1 aliphatic carbocycles. The molecule has 0 aromatic heterocycles. The van der Waals surface area contributed by atoms with Crippen molar-refractivity contribution in [2.75, 3.05) is 0 Å². The summed E-state index contributed by atoms with van der Waals surface area (Å²) in [7, 11) is 0. The SMILES string of the molecule is NC(=O)CCc1cccc2c1Cc1ccccc1-2. The molecule has 2 aromatic carbocycles. The molecule has 0 radical (unpaired) electrons. The lowest BCUT2D eigenvalue weighted by Crippen LogP contribution is -2.11. The van der Waals surface area contributed by atoms with Crippen LogP contribution >= 0.6 is 0 Å². The van der Waals surface area contributed by atoms with E-state index in [0.29, 0.717) is 6.42 Å². The van der Waals surface area contributed by atoms with Crippen LogP contribution in [0.3, 0.4) is 0 Å². The Hall–Kier alpha value is -2.09. The van der Waals surface area contributed by atoms with E-state index in [-0.39, 0.29) is 5.91 Å². The molecule has 2 aromatic rings. The first-order valence-corrected chi connectivity index (χ1v) is 6.23. The third-order valence-electron chi connectivity index (χ3n) is 3.59. The van der Waals surface area contributed by atoms with Crippen LogP contribution in [0.25, 0.3) is 11.1 Å². The van der Waals surface area contributed by atoms with Crippen molar-refractivity contribution < 1.29 is 4.79 Å². The van der Waals surface area contributed by atoms with Gasteiger partial charge in [-0.1, -0.05) is 42.5 Å². The summed E-state index contributed by atoms with van der Waals surface area (Å²) >= 11 is 0. The van der Waals surface area contributed by atoms with Gasteiger partial charge in [-0.25, -0.2) is 0 Å². The third-order valence-corrected chi connectivity index (χ3v) is 3.59. The molecule has 0 spiro atoms. The summed E-state index contributed by atoms with van der Waals surface area (Å²) in [6.45, 7) is 0. The number of hydrogen-bond acceptors (Lipinski definition) is 1. The average molecular weight is 237 g/mol. The van der Waals surface area contributed by atoms with Crippen LogP contribution < -0.4 is 5.73 Å². The van der Waals surface area contributed by atoms with Crippen LogP contribution in [-0.2, 0) is 17.6 Å². The molecular formula is C16H15NO. The standard InChI is InChI=1S/C16H15NO/c17-16(18)9-8-11-5-3-7-14-13-6-2-1-4-12(13)10-15(11)14/h1-7H,8-10H2,(H2,17,18). The van der Waals surface area contributed by atoms with Crippen LogP contribution in [0.5, 0.6) is 0 Å². The van der Waals surface area contributed by atoms with Gasteiger partial charge in [0.1, 0.15) is 0 Å². The first kappa shape index (κ1) is 11.0. The quantitative estimate of drug-likeness (QED) is 0.747. The second-order valence-corrected chi connectivity index (χ2v) is 4.74. The molecule has 2 N–H and O–H groups in total. The molecule has 0 fully saturated rings. The fourth-order valence-corrected chi connectivity index (χ4v) is 2.72. The molecule has 0 atom stereocenters. The van der Waals surface area contributed by atoms with Gasteiger partial charge in [-0.2, -0.15) is 0 Å². The van der Waals surface area contributed by atoms with Crippen molar-refractivity contribution in [3.8, 4) is 11.1 Å². The van der Waals surface area contributed by atoms with Crippen molar-refractivity contribution in [2.24, 2.45) is 5.73 Å². The first-order valence-electron chi connectivity index (χ1n) is 6.23. The van der Waals surface area contributed by atoms with E-state index in [1.165, 1.54) is 27.8 Å². The molecule has 2 heteroatoms. The second-order valence-electron chi connectivity index (χ2n) is 4.74. The summed E-state index contributed by atoms with van der Waals surface area (Å²) < 4.78 is 0. The number of amides is 1. The Morgan fingerprint density at radius 3 is 2.67 bits per heavy atom. The predicted molar refractivity (Wildman–Crippen MR) is 72.2 cm³/mol. The van der Waals surface area contributed by atoms with Gasteiger partial charge >= 0.3 is 0 Å². The molecule has 1 amide bonds. The molecule has 1 aliphatic rings. The molecule has 0 unspecified atom stereocenters. The van der Waals surface area contributed by atoms with E-state index in [4.69, 9.17) is 5.73 Å². The van der Waals surface area contributed by atoms with Gasteiger partial charge in [0.25, 0.3) is 0 Å².